The molecule has 2 atom stereocenters. The van der Waals surface area contributed by atoms with Crippen LogP contribution in [0.2, 0.25) is 0 Å². The van der Waals surface area contributed by atoms with Crippen molar-refractivity contribution in [1.82, 2.24) is 10.6 Å². The molecular formula is C19H27N3O2. The van der Waals surface area contributed by atoms with Crippen LogP contribution in [0.25, 0.3) is 0 Å². The Labute approximate surface area is 143 Å². The molecule has 1 aromatic rings. The lowest BCUT2D eigenvalue weighted by Crippen LogP contribution is -2.55. The summed E-state index contributed by atoms with van der Waals surface area (Å²) >= 11 is 0. The highest BCUT2D eigenvalue weighted by molar-refractivity contribution is 5.85. The number of hydrogen-bond acceptors (Lipinski definition) is 3. The number of fused-ring (bicyclic) bond motifs is 2. The van der Waals surface area contributed by atoms with Crippen molar-refractivity contribution in [3.63, 3.8) is 0 Å². The van der Waals surface area contributed by atoms with Crippen LogP contribution >= 0.6 is 0 Å². The number of nitrogens with one attached hydrogen (secondary N) is 2. The van der Waals surface area contributed by atoms with Gasteiger partial charge in [0, 0.05) is 12.1 Å². The molecule has 2 aliphatic carbocycles. The zero-order chi connectivity index (χ0) is 16.9. The minimum atomic E-state index is -0.123. The molecule has 2 amide bonds. The smallest absolute Gasteiger partial charge is 0.239 e. The quantitative estimate of drug-likeness (QED) is 0.763. The van der Waals surface area contributed by atoms with Gasteiger partial charge in [-0.25, -0.2) is 0 Å². The maximum atomic E-state index is 12.2. The molecule has 24 heavy (non-hydrogen) atoms. The molecule has 4 N–H and O–H groups in total. The summed E-state index contributed by atoms with van der Waals surface area (Å²) in [7, 11) is 0. The minimum Gasteiger partial charge on any atom is -0.351 e. The first kappa shape index (κ1) is 17.0. The average molecular weight is 329 g/mol. The molecule has 3 rings (SSSR count). The van der Waals surface area contributed by atoms with E-state index in [-0.39, 0.29) is 30.4 Å². The lowest BCUT2D eigenvalue weighted by molar-refractivity contribution is -0.127. The summed E-state index contributed by atoms with van der Waals surface area (Å²) in [5, 5.41) is 5.87. The molecule has 2 fully saturated rings. The Kier molecular flexibility index (Phi) is 5.51. The van der Waals surface area contributed by atoms with Crippen LogP contribution in [-0.4, -0.2) is 30.4 Å². The van der Waals surface area contributed by atoms with E-state index in [2.05, 4.69) is 10.6 Å². The molecule has 0 spiro atoms. The Morgan fingerprint density at radius 3 is 2.38 bits per heavy atom. The van der Waals surface area contributed by atoms with Crippen molar-refractivity contribution in [2.45, 2.75) is 50.6 Å². The van der Waals surface area contributed by atoms with Crippen molar-refractivity contribution in [1.29, 1.82) is 0 Å². The van der Waals surface area contributed by atoms with E-state index in [4.69, 9.17) is 5.73 Å². The largest absolute Gasteiger partial charge is 0.351 e. The summed E-state index contributed by atoms with van der Waals surface area (Å²) in [6.07, 6.45) is 5.84. The molecule has 0 heterocycles. The van der Waals surface area contributed by atoms with Gasteiger partial charge in [-0.1, -0.05) is 36.8 Å². The second kappa shape index (κ2) is 7.79. The van der Waals surface area contributed by atoms with Crippen LogP contribution in [0, 0.1) is 11.8 Å². The zero-order valence-electron chi connectivity index (χ0n) is 14.0. The van der Waals surface area contributed by atoms with Gasteiger partial charge in [0.1, 0.15) is 0 Å². The third-order valence-corrected chi connectivity index (χ3v) is 5.36. The van der Waals surface area contributed by atoms with E-state index in [1.54, 1.807) is 0 Å². The Morgan fingerprint density at radius 1 is 1.04 bits per heavy atom. The highest BCUT2D eigenvalue weighted by Gasteiger charge is 2.39. The first-order valence-corrected chi connectivity index (χ1v) is 8.97. The van der Waals surface area contributed by atoms with Gasteiger partial charge in [0.15, 0.2) is 0 Å². The summed E-state index contributed by atoms with van der Waals surface area (Å²) in [6, 6.07) is 10.1. The van der Waals surface area contributed by atoms with Crippen LogP contribution in [0.15, 0.2) is 30.3 Å². The van der Waals surface area contributed by atoms with Gasteiger partial charge in [-0.15, -0.1) is 0 Å². The molecule has 5 nitrogen and oxygen atoms in total. The predicted octanol–water partition coefficient (Wildman–Crippen LogP) is 1.37. The monoisotopic (exact) mass is 329 g/mol. The van der Waals surface area contributed by atoms with Crippen molar-refractivity contribution in [2.75, 3.05) is 6.54 Å². The standard InChI is InChI=1S/C19H27N3O2/c20-16-10-14-7-4-8-15(11-16)19(14)22-18(24)12-21-17(23)9-13-5-2-1-3-6-13/h1-3,5-6,14-16,19H,4,7-12,20H2,(H,21,23)(H,22,24). The Morgan fingerprint density at radius 2 is 1.71 bits per heavy atom. The van der Waals surface area contributed by atoms with Crippen LogP contribution in [0.4, 0.5) is 0 Å². The van der Waals surface area contributed by atoms with Gasteiger partial charge < -0.3 is 16.4 Å². The summed E-state index contributed by atoms with van der Waals surface area (Å²) in [5.74, 6) is 0.781. The number of carbonyl (C=O) groups excluding carboxylic acids is 2. The average Bonchev–Trinajstić information content (AvgIpc) is 2.55. The molecule has 2 aliphatic rings. The minimum absolute atomic E-state index is 0.0493. The number of amides is 2. The fourth-order valence-corrected chi connectivity index (χ4v) is 4.28. The summed E-state index contributed by atoms with van der Waals surface area (Å²) in [5.41, 5.74) is 7.07. The molecule has 130 valence electrons. The summed E-state index contributed by atoms with van der Waals surface area (Å²) in [6.45, 7) is 0.0493. The molecule has 0 radical (unpaired) electrons. The van der Waals surface area contributed by atoms with Gasteiger partial charge in [0.05, 0.1) is 13.0 Å². The van der Waals surface area contributed by atoms with E-state index in [0.717, 1.165) is 31.2 Å². The maximum Gasteiger partial charge on any atom is 0.239 e. The Hall–Kier alpha value is -1.88. The van der Waals surface area contributed by atoms with Gasteiger partial charge in [0.25, 0.3) is 0 Å². The number of benzene rings is 1. The highest BCUT2D eigenvalue weighted by Crippen LogP contribution is 2.39. The fourth-order valence-electron chi connectivity index (χ4n) is 4.28. The van der Waals surface area contributed by atoms with Crippen molar-refractivity contribution in [3.8, 4) is 0 Å². The second-order valence-electron chi connectivity index (χ2n) is 7.21. The topological polar surface area (TPSA) is 84.2 Å². The van der Waals surface area contributed by atoms with Gasteiger partial charge in [-0.2, -0.15) is 0 Å². The van der Waals surface area contributed by atoms with Crippen molar-refractivity contribution >= 4 is 11.8 Å². The number of hydrogen-bond donors (Lipinski definition) is 3. The molecule has 1 aromatic carbocycles. The van der Waals surface area contributed by atoms with E-state index in [0.29, 0.717) is 18.3 Å². The van der Waals surface area contributed by atoms with Crippen molar-refractivity contribution < 1.29 is 9.59 Å². The molecule has 2 bridgehead atoms. The lowest BCUT2D eigenvalue weighted by Gasteiger charge is -2.45. The zero-order valence-corrected chi connectivity index (χ0v) is 14.0. The van der Waals surface area contributed by atoms with Crippen LogP contribution in [-0.2, 0) is 16.0 Å². The van der Waals surface area contributed by atoms with Crippen molar-refractivity contribution in [3.05, 3.63) is 35.9 Å². The highest BCUT2D eigenvalue weighted by atomic mass is 16.2. The lowest BCUT2D eigenvalue weighted by atomic mass is 9.67. The second-order valence-corrected chi connectivity index (χ2v) is 7.21. The SMILES string of the molecule is NC1CC2CCCC(C1)C2NC(=O)CNC(=O)Cc1ccccc1. The van der Waals surface area contributed by atoms with E-state index in [1.165, 1.54) is 6.42 Å². The molecule has 0 aromatic heterocycles. The third kappa shape index (κ3) is 4.35. The molecule has 2 saturated carbocycles. The summed E-state index contributed by atoms with van der Waals surface area (Å²) in [4.78, 5) is 24.2. The molecule has 0 aliphatic heterocycles. The van der Waals surface area contributed by atoms with Crippen LogP contribution < -0.4 is 16.4 Å². The van der Waals surface area contributed by atoms with Crippen molar-refractivity contribution in [2.24, 2.45) is 17.6 Å². The first-order chi connectivity index (χ1) is 11.6. The number of rotatable bonds is 5. The molecule has 5 heteroatoms. The molecule has 0 saturated heterocycles. The fraction of sp³-hybridized carbons (Fsp3) is 0.579. The molecule has 2 unspecified atom stereocenters. The Balaban J connectivity index is 1.45. The van der Waals surface area contributed by atoms with Gasteiger partial charge in [0.2, 0.25) is 11.8 Å². The Bertz CT molecular complexity index is 561. The number of carbonyl (C=O) groups is 2. The predicted molar refractivity (Wildman–Crippen MR) is 93.1 cm³/mol. The van der Waals surface area contributed by atoms with Crippen LogP contribution in [0.1, 0.15) is 37.7 Å². The maximum absolute atomic E-state index is 12.2. The van der Waals surface area contributed by atoms with E-state index < -0.39 is 0 Å². The normalized spacial score (nSPS) is 28.9. The van der Waals surface area contributed by atoms with Gasteiger partial charge >= 0.3 is 0 Å². The van der Waals surface area contributed by atoms with Crippen LogP contribution in [0.3, 0.4) is 0 Å². The van der Waals surface area contributed by atoms with E-state index in [1.807, 2.05) is 30.3 Å². The van der Waals surface area contributed by atoms with E-state index >= 15 is 0 Å². The third-order valence-electron chi connectivity index (χ3n) is 5.36. The van der Waals surface area contributed by atoms with Gasteiger partial charge in [-0.05, 0) is 43.1 Å². The number of nitrogens with two attached hydrogens (primary N) is 1. The summed E-state index contributed by atoms with van der Waals surface area (Å²) < 4.78 is 0. The van der Waals surface area contributed by atoms with Gasteiger partial charge in [-0.3, -0.25) is 9.59 Å². The van der Waals surface area contributed by atoms with Crippen LogP contribution in [0.5, 0.6) is 0 Å². The van der Waals surface area contributed by atoms with E-state index in [9.17, 15) is 9.59 Å². The molecular weight excluding hydrogens is 302 g/mol. The first-order valence-electron chi connectivity index (χ1n) is 8.97.